The van der Waals surface area contributed by atoms with E-state index in [2.05, 4.69) is 4.98 Å². The summed E-state index contributed by atoms with van der Waals surface area (Å²) < 4.78 is 151. The van der Waals surface area contributed by atoms with Crippen molar-refractivity contribution >= 4 is 43.7 Å². The van der Waals surface area contributed by atoms with Crippen LogP contribution in [0, 0.1) is 0 Å². The Morgan fingerprint density at radius 1 is 0.429 bits per heavy atom. The Bertz CT molecular complexity index is 4070. The summed E-state index contributed by atoms with van der Waals surface area (Å²) in [5.74, 6) is -0.0253. The molecule has 0 aliphatic rings. The first-order valence-electron chi connectivity index (χ1n) is 25.5. The topological polar surface area (TPSA) is 56.7 Å². The van der Waals surface area contributed by atoms with Gasteiger partial charge in [-0.05, 0) is 64.6 Å². The molecule has 0 amide bonds. The lowest BCUT2D eigenvalue weighted by molar-refractivity contribution is 0.669. The van der Waals surface area contributed by atoms with Gasteiger partial charge in [-0.1, -0.05) is 151 Å². The van der Waals surface area contributed by atoms with Gasteiger partial charge in [0.25, 0.3) is 0 Å². The van der Waals surface area contributed by atoms with E-state index in [9.17, 15) is 6.85 Å². The van der Waals surface area contributed by atoms with E-state index in [0.717, 1.165) is 26.5 Å². The smallest absolute Gasteiger partial charge is 0.164 e. The van der Waals surface area contributed by atoms with E-state index in [1.807, 2.05) is 54.6 Å². The number of rotatable bonds is 6. The minimum Gasteiger partial charge on any atom is -0.456 e. The molecule has 0 spiro atoms. The van der Waals surface area contributed by atoms with E-state index in [1.165, 1.54) is 0 Å². The summed E-state index contributed by atoms with van der Waals surface area (Å²) in [6, 6.07) is 17.7. The van der Waals surface area contributed by atoms with Crippen LogP contribution < -0.4 is 0 Å². The average molecular weight is 733 g/mol. The summed E-state index contributed by atoms with van der Waals surface area (Å²) in [7, 11) is 0. The van der Waals surface area contributed by atoms with Crippen molar-refractivity contribution in [1.29, 1.82) is 0 Å². The molecule has 0 unspecified atom stereocenters. The van der Waals surface area contributed by atoms with E-state index >= 15 is 0 Å². The Balaban J connectivity index is 1.14. The third-order valence-electron chi connectivity index (χ3n) is 9.47. The minimum absolute atomic E-state index is 0.101. The van der Waals surface area contributed by atoms with E-state index in [1.54, 1.807) is 42.5 Å². The zero-order chi connectivity index (χ0) is 50.9. The van der Waals surface area contributed by atoms with Crippen LogP contribution in [0.2, 0.25) is 0 Å². The molecule has 0 aliphatic heterocycles. The Hall–Kier alpha value is -7.63. The van der Waals surface area contributed by atoms with Crippen molar-refractivity contribution in [3.05, 3.63) is 194 Å². The van der Waals surface area contributed by atoms with Gasteiger partial charge in [0.2, 0.25) is 0 Å². The van der Waals surface area contributed by atoms with Gasteiger partial charge in [-0.25, -0.2) is 15.0 Å². The van der Waals surface area contributed by atoms with Crippen LogP contribution in [-0.2, 0) is 0 Å². The number of aromatic nitrogens is 4. The second kappa shape index (κ2) is 13.0. The SMILES string of the molecule is [2H]c1c([2H])c(-c2c([2H])c([2H])c(-c3nc(-c4ccccc4)nc(-c4ccc5c(c4)oc4cccc(-c6ccccc6)c45)n3)c([2H])c2[2H])c([2H])c(-n2c3c([2H])c([2H])c([2H])c([2H])c3c3c([2H])c([2H])c([2H])c([2H])c32)c1[2H]. The van der Waals surface area contributed by atoms with E-state index < -0.39 is 125 Å². The van der Waals surface area contributed by atoms with Gasteiger partial charge in [0.1, 0.15) is 11.2 Å². The largest absolute Gasteiger partial charge is 0.456 e. The van der Waals surface area contributed by atoms with E-state index in [-0.39, 0.29) is 33.8 Å². The Kier molecular flexibility index (Phi) is 4.57. The van der Waals surface area contributed by atoms with Crippen molar-refractivity contribution in [2.75, 3.05) is 0 Å². The number of nitrogens with zero attached hydrogens (tertiary/aromatic N) is 4. The Morgan fingerprint density at radius 2 is 1.05 bits per heavy atom. The molecule has 0 saturated carbocycles. The van der Waals surface area contributed by atoms with Crippen molar-refractivity contribution in [1.82, 2.24) is 19.5 Å². The van der Waals surface area contributed by atoms with Crippen LogP contribution in [0.25, 0.3) is 106 Å². The van der Waals surface area contributed by atoms with Crippen LogP contribution >= 0.6 is 0 Å². The van der Waals surface area contributed by atoms with Crippen LogP contribution in [-0.4, -0.2) is 19.5 Å². The number of furan rings is 1. The van der Waals surface area contributed by atoms with Gasteiger partial charge in [-0.3, -0.25) is 0 Å². The van der Waals surface area contributed by atoms with Crippen LogP contribution in [0.3, 0.4) is 0 Å². The molecule has 0 bridgehead atoms. The number of para-hydroxylation sites is 2. The first-order chi connectivity index (χ1) is 34.4. The standard InChI is InChI=1S/C51H32N4O/c1-3-13-34(14-4-1)40-21-12-24-46-48(40)43-30-29-38(32-47(43)56-46)51-53-49(35-15-5-2-6-16-35)52-50(54-51)36-27-25-33(26-28-36)37-17-11-18-39(31-37)55-44-22-9-7-19-41(44)42-20-8-10-23-45(42)55/h1-32H/i7D,8D,9D,10D,11D,17D,18D,19D,20D,22D,23D,25D,26D,27D,28D,31D. The quantitative estimate of drug-likeness (QED) is 0.171. The molecule has 5 nitrogen and oxygen atoms in total. The van der Waals surface area contributed by atoms with Crippen LogP contribution in [0.5, 0.6) is 0 Å². The Labute approximate surface area is 345 Å². The van der Waals surface area contributed by atoms with Crippen molar-refractivity contribution in [3.8, 4) is 62.1 Å². The lowest BCUT2D eigenvalue weighted by Gasteiger charge is -2.11. The summed E-state index contributed by atoms with van der Waals surface area (Å²) in [6.07, 6.45) is 0. The van der Waals surface area contributed by atoms with Gasteiger partial charge in [0.05, 0.1) is 33.0 Å². The number of fused-ring (bicyclic) bond motifs is 6. The molecule has 56 heavy (non-hydrogen) atoms. The summed E-state index contributed by atoms with van der Waals surface area (Å²) >= 11 is 0. The summed E-state index contributed by atoms with van der Waals surface area (Å²) in [6.45, 7) is 0. The monoisotopic (exact) mass is 732 g/mol. The van der Waals surface area contributed by atoms with Gasteiger partial charge in [-0.2, -0.15) is 0 Å². The van der Waals surface area contributed by atoms with Gasteiger partial charge in [0.15, 0.2) is 17.5 Å². The van der Waals surface area contributed by atoms with E-state index in [0.29, 0.717) is 22.3 Å². The molecule has 0 aliphatic carbocycles. The molecule has 11 rings (SSSR count). The van der Waals surface area contributed by atoms with Gasteiger partial charge in [0, 0.05) is 43.9 Å². The summed E-state index contributed by atoms with van der Waals surface area (Å²) in [5.41, 5.74) is 0.894. The zero-order valence-corrected chi connectivity index (χ0v) is 28.9. The lowest BCUT2D eigenvalue weighted by atomic mass is 9.99. The highest BCUT2D eigenvalue weighted by Crippen LogP contribution is 2.39. The highest BCUT2D eigenvalue weighted by molar-refractivity contribution is 6.13. The van der Waals surface area contributed by atoms with Crippen molar-refractivity contribution < 1.29 is 26.3 Å². The first kappa shape index (κ1) is 19.6. The molecule has 0 atom stereocenters. The fourth-order valence-corrected chi connectivity index (χ4v) is 6.92. The van der Waals surface area contributed by atoms with Crippen LogP contribution in [0.4, 0.5) is 0 Å². The summed E-state index contributed by atoms with van der Waals surface area (Å²) in [4.78, 5) is 14.2. The molecule has 3 aromatic heterocycles. The van der Waals surface area contributed by atoms with Crippen molar-refractivity contribution in [2.45, 2.75) is 0 Å². The fourth-order valence-electron chi connectivity index (χ4n) is 6.92. The molecule has 3 heterocycles. The van der Waals surface area contributed by atoms with Crippen molar-refractivity contribution in [2.24, 2.45) is 0 Å². The highest BCUT2D eigenvalue weighted by atomic mass is 16.3. The second-order valence-electron chi connectivity index (χ2n) is 12.8. The zero-order valence-electron chi connectivity index (χ0n) is 44.9. The molecule has 0 fully saturated rings. The molecule has 5 heteroatoms. The molecule has 0 N–H and O–H groups in total. The Morgan fingerprint density at radius 3 is 1.77 bits per heavy atom. The first-order valence-corrected chi connectivity index (χ1v) is 17.5. The van der Waals surface area contributed by atoms with Gasteiger partial charge < -0.3 is 8.98 Å². The third kappa shape index (κ3) is 5.37. The lowest BCUT2D eigenvalue weighted by Crippen LogP contribution is -2.00. The molecule has 262 valence electrons. The van der Waals surface area contributed by atoms with Gasteiger partial charge >= 0.3 is 0 Å². The second-order valence-corrected chi connectivity index (χ2v) is 12.8. The van der Waals surface area contributed by atoms with E-state index in [4.69, 9.17) is 29.5 Å². The summed E-state index contributed by atoms with van der Waals surface area (Å²) in [5, 5.41) is 1.01. The predicted octanol–water partition coefficient (Wildman–Crippen LogP) is 13.2. The van der Waals surface area contributed by atoms with Crippen LogP contribution in [0.1, 0.15) is 21.9 Å². The third-order valence-corrected chi connectivity index (χ3v) is 9.47. The molecular weight excluding hydrogens is 685 g/mol. The molecular formula is C51H32N4O. The number of hydrogen-bond donors (Lipinski definition) is 0. The molecule has 0 radical (unpaired) electrons. The number of hydrogen-bond acceptors (Lipinski definition) is 4. The highest BCUT2D eigenvalue weighted by Gasteiger charge is 2.17. The predicted molar refractivity (Wildman–Crippen MR) is 229 cm³/mol. The molecule has 0 saturated heterocycles. The maximum absolute atomic E-state index is 9.62. The minimum atomic E-state index is -0.888. The normalized spacial score (nSPS) is 15.6. The maximum Gasteiger partial charge on any atom is 0.164 e. The van der Waals surface area contributed by atoms with Crippen molar-refractivity contribution in [3.63, 3.8) is 0 Å². The van der Waals surface area contributed by atoms with Gasteiger partial charge in [-0.15, -0.1) is 0 Å². The maximum atomic E-state index is 9.62. The number of benzene rings is 8. The molecule has 11 aromatic rings. The average Bonchev–Trinajstić information content (AvgIpc) is 3.95. The fraction of sp³-hybridized carbons (Fsp3) is 0. The van der Waals surface area contributed by atoms with Crippen LogP contribution in [0.15, 0.2) is 198 Å². The molecule has 8 aromatic carbocycles.